The molecule has 3 heterocycles. The Morgan fingerprint density at radius 2 is 2.14 bits per heavy atom. The lowest BCUT2D eigenvalue weighted by Crippen LogP contribution is -2.38. The molecule has 3 aromatic rings. The van der Waals surface area contributed by atoms with Gasteiger partial charge in [0, 0.05) is 44.0 Å². The molecule has 0 atom stereocenters. The van der Waals surface area contributed by atoms with Crippen LogP contribution in [0.1, 0.15) is 26.2 Å². The van der Waals surface area contributed by atoms with Gasteiger partial charge in [-0.3, -0.25) is 14.2 Å². The van der Waals surface area contributed by atoms with E-state index < -0.39 is 0 Å². The number of halogens is 1. The molecule has 0 bridgehead atoms. The number of fused-ring (bicyclic) bond motifs is 1. The molecule has 1 aliphatic heterocycles. The molecule has 146 valence electrons. The van der Waals surface area contributed by atoms with E-state index in [-0.39, 0.29) is 11.7 Å². The summed E-state index contributed by atoms with van der Waals surface area (Å²) >= 11 is 0. The fraction of sp³-hybridized carbons (Fsp3) is 0.381. The highest BCUT2D eigenvalue weighted by Gasteiger charge is 2.20. The van der Waals surface area contributed by atoms with E-state index in [1.165, 1.54) is 12.1 Å². The third-order valence-electron chi connectivity index (χ3n) is 5.30. The Morgan fingerprint density at radius 1 is 1.32 bits per heavy atom. The Bertz CT molecular complexity index is 978. The predicted molar refractivity (Wildman–Crippen MR) is 106 cm³/mol. The second-order valence-electron chi connectivity index (χ2n) is 7.36. The molecule has 6 nitrogen and oxygen atoms in total. The van der Waals surface area contributed by atoms with Crippen LogP contribution in [0.2, 0.25) is 0 Å². The Balaban J connectivity index is 1.51. The van der Waals surface area contributed by atoms with Crippen LogP contribution in [-0.4, -0.2) is 44.8 Å². The minimum Gasteiger partial charge on any atom is -0.369 e. The molecule has 2 aromatic heterocycles. The summed E-state index contributed by atoms with van der Waals surface area (Å²) in [4.78, 5) is 23.2. The van der Waals surface area contributed by atoms with Crippen molar-refractivity contribution < 1.29 is 9.18 Å². The van der Waals surface area contributed by atoms with Gasteiger partial charge in [0.05, 0.1) is 6.20 Å². The largest absolute Gasteiger partial charge is 0.369 e. The van der Waals surface area contributed by atoms with Gasteiger partial charge in [-0.15, -0.1) is 0 Å². The van der Waals surface area contributed by atoms with Gasteiger partial charge in [-0.2, -0.15) is 0 Å². The molecule has 1 saturated heterocycles. The summed E-state index contributed by atoms with van der Waals surface area (Å²) in [5.74, 6) is 1.29. The van der Waals surface area contributed by atoms with Gasteiger partial charge in [0.15, 0.2) is 5.65 Å². The van der Waals surface area contributed by atoms with Crippen molar-refractivity contribution in [3.8, 4) is 11.3 Å². The zero-order valence-corrected chi connectivity index (χ0v) is 15.9. The highest BCUT2D eigenvalue weighted by molar-refractivity contribution is 5.78. The van der Waals surface area contributed by atoms with Crippen molar-refractivity contribution in [2.24, 2.45) is 5.92 Å². The van der Waals surface area contributed by atoms with E-state index in [9.17, 15) is 9.18 Å². The zero-order chi connectivity index (χ0) is 19.5. The topological polar surface area (TPSA) is 62.5 Å². The van der Waals surface area contributed by atoms with Gasteiger partial charge in [-0.25, -0.2) is 9.37 Å². The maximum absolute atomic E-state index is 13.7. The molecule has 7 heteroatoms. The van der Waals surface area contributed by atoms with Gasteiger partial charge in [-0.1, -0.05) is 19.1 Å². The monoisotopic (exact) mass is 381 g/mol. The highest BCUT2D eigenvalue weighted by Crippen LogP contribution is 2.29. The molecule has 0 radical (unpaired) electrons. The van der Waals surface area contributed by atoms with E-state index >= 15 is 0 Å². The number of hydrogen-bond donors (Lipinski definition) is 1. The number of carbonyl (C=O) groups excluding carboxylic acids is 1. The van der Waals surface area contributed by atoms with Gasteiger partial charge >= 0.3 is 0 Å². The molecule has 0 aliphatic carbocycles. The first-order valence-corrected chi connectivity index (χ1v) is 9.71. The molecule has 1 aromatic carbocycles. The number of benzene rings is 1. The van der Waals surface area contributed by atoms with Gasteiger partial charge in [0.25, 0.3) is 0 Å². The Hall–Kier alpha value is -2.96. The second-order valence-corrected chi connectivity index (χ2v) is 7.36. The number of amides is 1. The fourth-order valence-electron chi connectivity index (χ4n) is 3.62. The second kappa shape index (κ2) is 7.96. The molecular formula is C21H24FN5O. The molecule has 28 heavy (non-hydrogen) atoms. The van der Waals surface area contributed by atoms with Crippen LogP contribution < -0.4 is 5.32 Å². The van der Waals surface area contributed by atoms with E-state index in [2.05, 4.69) is 22.2 Å². The van der Waals surface area contributed by atoms with Gasteiger partial charge in [0.2, 0.25) is 5.91 Å². The van der Waals surface area contributed by atoms with Gasteiger partial charge in [0.1, 0.15) is 17.3 Å². The summed E-state index contributed by atoms with van der Waals surface area (Å²) in [6.45, 7) is 4.41. The summed E-state index contributed by atoms with van der Waals surface area (Å²) in [6, 6.07) is 6.35. The van der Waals surface area contributed by atoms with Crippen molar-refractivity contribution in [3.63, 3.8) is 0 Å². The van der Waals surface area contributed by atoms with E-state index in [1.807, 2.05) is 15.4 Å². The molecule has 1 fully saturated rings. The maximum Gasteiger partial charge on any atom is 0.224 e. The first-order chi connectivity index (χ1) is 13.6. The number of anilines is 1. The van der Waals surface area contributed by atoms with E-state index in [0.29, 0.717) is 35.8 Å². The lowest BCUT2D eigenvalue weighted by molar-refractivity contribution is -0.132. The number of nitrogens with one attached hydrogen (secondary N) is 1. The molecule has 0 unspecified atom stereocenters. The van der Waals surface area contributed by atoms with Gasteiger partial charge in [-0.05, 0) is 30.9 Å². The molecule has 1 N–H and O–H groups in total. The molecule has 1 aliphatic rings. The molecule has 1 amide bonds. The Labute approximate surface area is 163 Å². The van der Waals surface area contributed by atoms with Crippen LogP contribution in [0.5, 0.6) is 0 Å². The average Bonchev–Trinajstić information content (AvgIpc) is 3.07. The van der Waals surface area contributed by atoms with E-state index in [0.717, 1.165) is 31.7 Å². The molecule has 0 spiro atoms. The minimum absolute atomic E-state index is 0.169. The van der Waals surface area contributed by atoms with Crippen LogP contribution in [0.15, 0.2) is 42.9 Å². The normalized spacial score (nSPS) is 15.1. The maximum atomic E-state index is 13.7. The first kappa shape index (κ1) is 18.4. The summed E-state index contributed by atoms with van der Waals surface area (Å²) in [6.07, 6.45) is 7.70. The molecule has 0 saturated carbocycles. The summed E-state index contributed by atoms with van der Waals surface area (Å²) in [5.41, 5.74) is 2.00. The lowest BCUT2D eigenvalue weighted by Gasteiger charge is -2.30. The molecule has 4 rings (SSSR count). The number of nitrogens with zero attached hydrogens (tertiary/aromatic N) is 4. The van der Waals surface area contributed by atoms with E-state index in [4.69, 9.17) is 0 Å². The number of imidazole rings is 1. The van der Waals surface area contributed by atoms with Crippen LogP contribution in [0.25, 0.3) is 16.9 Å². The third kappa shape index (κ3) is 3.83. The first-order valence-electron chi connectivity index (χ1n) is 9.71. The van der Waals surface area contributed by atoms with Crippen molar-refractivity contribution >= 4 is 17.4 Å². The smallest absolute Gasteiger partial charge is 0.224 e. The van der Waals surface area contributed by atoms with Crippen molar-refractivity contribution in [3.05, 3.63) is 48.7 Å². The summed E-state index contributed by atoms with van der Waals surface area (Å²) in [7, 11) is 0. The average molecular weight is 381 g/mol. The van der Waals surface area contributed by atoms with Crippen LogP contribution in [0, 0.1) is 11.7 Å². The number of carbonyl (C=O) groups is 1. The van der Waals surface area contributed by atoms with Crippen LogP contribution in [0.4, 0.5) is 10.2 Å². The summed E-state index contributed by atoms with van der Waals surface area (Å²) in [5, 5.41) is 3.34. The van der Waals surface area contributed by atoms with Gasteiger partial charge < -0.3 is 10.2 Å². The van der Waals surface area contributed by atoms with Crippen LogP contribution in [-0.2, 0) is 4.79 Å². The minimum atomic E-state index is -0.312. The summed E-state index contributed by atoms with van der Waals surface area (Å²) < 4.78 is 15.6. The Morgan fingerprint density at radius 3 is 2.93 bits per heavy atom. The number of rotatable bonds is 5. The number of piperidine rings is 1. The van der Waals surface area contributed by atoms with Crippen LogP contribution in [0.3, 0.4) is 0 Å². The molecular weight excluding hydrogens is 357 g/mol. The SMILES string of the molecule is CC1CCN(C(=O)CCNc2c(-c3cccc(F)c3)nc3cnccn23)CC1. The number of hydrogen-bond acceptors (Lipinski definition) is 4. The van der Waals surface area contributed by atoms with E-state index in [1.54, 1.807) is 24.7 Å². The van der Waals surface area contributed by atoms with Crippen molar-refractivity contribution in [1.29, 1.82) is 0 Å². The zero-order valence-electron chi connectivity index (χ0n) is 15.9. The predicted octanol–water partition coefficient (Wildman–Crippen LogP) is 3.60. The fourth-order valence-corrected chi connectivity index (χ4v) is 3.62. The lowest BCUT2D eigenvalue weighted by atomic mass is 9.99. The van der Waals surface area contributed by atoms with Crippen molar-refractivity contribution in [2.45, 2.75) is 26.2 Å². The highest BCUT2D eigenvalue weighted by atomic mass is 19.1. The third-order valence-corrected chi connectivity index (χ3v) is 5.30. The number of likely N-dealkylation sites (tertiary alicyclic amines) is 1. The Kier molecular flexibility index (Phi) is 5.23. The van der Waals surface area contributed by atoms with Crippen molar-refractivity contribution in [2.75, 3.05) is 25.0 Å². The standard InChI is InChI=1S/C21H24FN5O/c1-15-6-10-26(11-7-15)19(28)5-8-24-21-20(16-3-2-4-17(22)13-16)25-18-14-23-9-12-27(18)21/h2-4,9,12-15,24H,5-8,10-11H2,1H3. The van der Waals surface area contributed by atoms with Crippen molar-refractivity contribution in [1.82, 2.24) is 19.3 Å². The van der Waals surface area contributed by atoms with Crippen LogP contribution >= 0.6 is 0 Å². The number of aromatic nitrogens is 3. The quantitative estimate of drug-likeness (QED) is 0.734.